The molecule has 0 spiro atoms. The normalized spacial score (nSPS) is 38.6. The molecule has 0 aliphatic heterocycles. The third-order valence-corrected chi connectivity index (χ3v) is 0.870. The molecule has 0 aromatic heterocycles. The second-order valence-corrected chi connectivity index (χ2v) is 1.96. The largest absolute Gasteiger partial charge is 0.481 e. The Morgan fingerprint density at radius 2 is 1.43 bits per heavy atom. The number of carboxylic acids is 1. The van der Waals surface area contributed by atoms with Crippen LogP contribution in [-0.4, -0.2) is 16.8 Å². The van der Waals surface area contributed by atoms with Crippen molar-refractivity contribution in [1.82, 2.24) is 0 Å². The molecule has 0 saturated carbocycles. The Morgan fingerprint density at radius 1 is 1.00 bits per heavy atom. The van der Waals surface area contributed by atoms with Gasteiger partial charge in [0.1, 0.15) is 0 Å². The molecule has 0 atom stereocenters. The molecule has 84 valence electrons. The van der Waals surface area contributed by atoms with Crippen LogP contribution >= 0.6 is 12.6 Å². The van der Waals surface area contributed by atoms with Crippen LogP contribution in [-0.2, 0) is 4.79 Å². The van der Waals surface area contributed by atoms with Gasteiger partial charge >= 0.3 is 5.97 Å². The van der Waals surface area contributed by atoms with Crippen molar-refractivity contribution in [1.29, 1.82) is 0 Å². The summed E-state index contributed by atoms with van der Waals surface area (Å²) in [5.41, 5.74) is 0. The van der Waals surface area contributed by atoms with E-state index in [0.717, 1.165) is 0 Å². The molecule has 0 bridgehead atoms. The van der Waals surface area contributed by atoms with Gasteiger partial charge in [0.15, 0.2) is 0 Å². The summed E-state index contributed by atoms with van der Waals surface area (Å²) in [6.07, 6.45) is -37.9. The lowest BCUT2D eigenvalue weighted by molar-refractivity contribution is -0.137. The summed E-state index contributed by atoms with van der Waals surface area (Å²) in [5, 5.41) is 8.89. The monoisotopic (exact) mass is 236 g/mol. The average molecular weight is 236 g/mol. The third kappa shape index (κ3) is 11.8. The zero-order valence-corrected chi connectivity index (χ0v) is 7.90. The van der Waals surface area contributed by atoms with Crippen molar-refractivity contribution in [3.8, 4) is 0 Å². The number of thiol groups is 1. The van der Waals surface area contributed by atoms with Crippen LogP contribution < -0.4 is 0 Å². The highest BCUT2D eigenvalue weighted by Crippen LogP contribution is 2.09. The molecule has 0 rings (SSSR count). The van der Waals surface area contributed by atoms with E-state index in [0.29, 0.717) is 0 Å². The van der Waals surface area contributed by atoms with E-state index >= 15 is 0 Å². The molecule has 1 N–H and O–H groups in total. The van der Waals surface area contributed by atoms with E-state index in [4.69, 9.17) is 29.8 Å². The van der Waals surface area contributed by atoms with Gasteiger partial charge in [0.05, 0.1) is 0 Å². The van der Waals surface area contributed by atoms with Gasteiger partial charge in [-0.2, -0.15) is 12.6 Å². The van der Waals surface area contributed by atoms with Gasteiger partial charge in [0.2, 0.25) is 0 Å². The molecule has 0 aliphatic rings. The smallest absolute Gasteiger partial charge is 0.303 e. The molecule has 3 heteroatoms. The zero-order valence-electron chi connectivity index (χ0n) is 25.0. The fraction of sp³-hybridized carbons (Fsp3) is 0.909. The Kier molecular flexibility index (Phi) is 1.86. The molecular weight excluding hydrogens is 196 g/mol. The topological polar surface area (TPSA) is 37.3 Å². The first-order valence-electron chi connectivity index (χ1n) is 12.3. The maximum atomic E-state index is 11.1. The molecule has 14 heavy (non-hydrogen) atoms. The summed E-state index contributed by atoms with van der Waals surface area (Å²) in [4.78, 5) is 11.1. The Labute approximate surface area is 118 Å². The quantitative estimate of drug-likeness (QED) is 0.570. The molecular formula is C11H22O2S. The predicted octanol–water partition coefficient (Wildman–Crippen LogP) is 3.51. The first-order chi connectivity index (χ1) is 13.5. The van der Waals surface area contributed by atoms with Crippen molar-refractivity contribution >= 4 is 18.6 Å². The summed E-state index contributed by atoms with van der Waals surface area (Å²) >= 11 is 3.51. The van der Waals surface area contributed by atoms with Gasteiger partial charge in [-0.15, -0.1) is 0 Å². The first kappa shape index (κ1) is 2.39. The molecule has 0 aromatic rings. The third-order valence-electron chi connectivity index (χ3n) is 0.712. The minimum absolute atomic E-state index is 1.02. The summed E-state index contributed by atoms with van der Waals surface area (Å²) in [5.74, 6) is -3.60. The Balaban J connectivity index is 6.98. The lowest BCUT2D eigenvalue weighted by Gasteiger charge is -2.00. The lowest BCUT2D eigenvalue weighted by atomic mass is 10.1. The van der Waals surface area contributed by atoms with Crippen LogP contribution in [0.5, 0.6) is 0 Å². The minimum Gasteiger partial charge on any atom is -0.481 e. The van der Waals surface area contributed by atoms with E-state index in [-0.39, 0.29) is 0 Å². The Bertz CT molecular complexity index is 728. The van der Waals surface area contributed by atoms with Crippen molar-refractivity contribution in [3.63, 3.8) is 0 Å². The Hall–Kier alpha value is -0.180. The maximum absolute atomic E-state index is 11.1. The van der Waals surface area contributed by atoms with E-state index < -0.39 is 69.1 Å². The van der Waals surface area contributed by atoms with Gasteiger partial charge < -0.3 is 5.11 Å². The summed E-state index contributed by atoms with van der Waals surface area (Å²) in [7, 11) is 0. The highest BCUT2D eigenvalue weighted by atomic mass is 32.1. The van der Waals surface area contributed by atoms with Crippen molar-refractivity contribution in [2.24, 2.45) is 0 Å². The van der Waals surface area contributed by atoms with Crippen LogP contribution in [0.25, 0.3) is 0 Å². The van der Waals surface area contributed by atoms with Gasteiger partial charge in [-0.25, -0.2) is 0 Å². The van der Waals surface area contributed by atoms with Crippen LogP contribution in [0.3, 0.4) is 0 Å². The minimum atomic E-state index is -4.53. The van der Waals surface area contributed by atoms with Gasteiger partial charge in [-0.3, -0.25) is 4.79 Å². The fourth-order valence-corrected chi connectivity index (χ4v) is 0.404. The van der Waals surface area contributed by atoms with Crippen molar-refractivity contribution < 1.29 is 34.6 Å². The second kappa shape index (κ2) is 10.9. The predicted molar refractivity (Wildman–Crippen MR) is 63.0 cm³/mol. The van der Waals surface area contributed by atoms with E-state index in [1.165, 1.54) is 0 Å². The molecule has 0 fully saturated rings. The highest BCUT2D eigenvalue weighted by Gasteiger charge is 1.96. The molecule has 0 aliphatic carbocycles. The first-order valence-corrected chi connectivity index (χ1v) is 3.98. The standard InChI is InChI=1S/C11H22O2S/c12-11(13)9-7-5-3-1-2-4-6-8-10-14/h14H,1-10H2,(H,12,13)/i1D2,2D2,3D2,4D2,5D2,6D2,7D2,8D2,9D2. The number of hydrogen-bond donors (Lipinski definition) is 2. The summed E-state index contributed by atoms with van der Waals surface area (Å²) < 4.78 is 139. The molecule has 0 amide bonds. The molecule has 2 nitrogen and oxygen atoms in total. The second-order valence-electron chi connectivity index (χ2n) is 1.64. The van der Waals surface area contributed by atoms with Gasteiger partial charge in [-0.05, 0) is 18.5 Å². The van der Waals surface area contributed by atoms with Crippen LogP contribution in [0.2, 0.25) is 0 Å². The van der Waals surface area contributed by atoms with E-state index in [1.807, 2.05) is 0 Å². The molecule has 0 aromatic carbocycles. The van der Waals surface area contributed by atoms with Crippen molar-refractivity contribution in [3.05, 3.63) is 0 Å². The summed E-state index contributed by atoms with van der Waals surface area (Å²) in [6, 6.07) is 0. The zero-order chi connectivity index (χ0) is 26.8. The number of rotatable bonds is 10. The van der Waals surface area contributed by atoms with E-state index in [1.54, 1.807) is 0 Å². The Morgan fingerprint density at radius 3 is 1.86 bits per heavy atom. The number of aliphatic carboxylic acids is 1. The van der Waals surface area contributed by atoms with E-state index in [9.17, 15) is 4.79 Å². The van der Waals surface area contributed by atoms with Crippen LogP contribution in [0.4, 0.5) is 0 Å². The maximum Gasteiger partial charge on any atom is 0.303 e. The SMILES string of the molecule is [2H]C([2H])(CS)C([2H])([2H])C([2H])([2H])C([2H])([2H])C([2H])([2H])C([2H])([2H])C([2H])([2H])C([2H])([2H])C([2H])([2H])C(=O)O. The van der Waals surface area contributed by atoms with Crippen LogP contribution in [0.15, 0.2) is 0 Å². The van der Waals surface area contributed by atoms with Crippen molar-refractivity contribution in [2.45, 2.75) is 57.4 Å². The van der Waals surface area contributed by atoms with E-state index in [2.05, 4.69) is 12.6 Å². The van der Waals surface area contributed by atoms with Crippen LogP contribution in [0, 0.1) is 0 Å². The number of carboxylic acid groups (broad SMARTS) is 1. The van der Waals surface area contributed by atoms with Gasteiger partial charge in [-0.1, -0.05) is 38.2 Å². The lowest BCUT2D eigenvalue weighted by Crippen LogP contribution is -1.93. The van der Waals surface area contributed by atoms with Crippen LogP contribution in [0.1, 0.15) is 82.0 Å². The van der Waals surface area contributed by atoms with Crippen molar-refractivity contribution in [2.75, 3.05) is 5.75 Å². The number of hydrogen-bond acceptors (Lipinski definition) is 2. The molecule has 0 unspecified atom stereocenters. The number of carbonyl (C=O) groups is 1. The molecule has 0 radical (unpaired) electrons. The fourth-order valence-electron chi connectivity index (χ4n) is 0.325. The summed E-state index contributed by atoms with van der Waals surface area (Å²) in [6.45, 7) is 0. The highest BCUT2D eigenvalue weighted by molar-refractivity contribution is 7.80. The van der Waals surface area contributed by atoms with Gasteiger partial charge in [0.25, 0.3) is 0 Å². The molecule has 0 saturated heterocycles. The average Bonchev–Trinajstić information content (AvgIpc) is 2.59. The van der Waals surface area contributed by atoms with Gasteiger partial charge in [0, 0.05) is 31.0 Å². The molecule has 0 heterocycles.